The highest BCUT2D eigenvalue weighted by atomic mass is 32.1. The van der Waals surface area contributed by atoms with Gasteiger partial charge in [-0.2, -0.15) is 0 Å². The molecule has 0 atom stereocenters. The molecule has 3 aromatic heterocycles. The van der Waals surface area contributed by atoms with Crippen LogP contribution < -0.4 is 10.2 Å². The van der Waals surface area contributed by atoms with E-state index in [2.05, 4.69) is 29.0 Å². The lowest BCUT2D eigenvalue weighted by atomic mass is 9.99. The Kier molecular flexibility index (Phi) is 3.64. The average molecular weight is 355 g/mol. The molecular formula is C19H24N5S+. The van der Waals surface area contributed by atoms with E-state index >= 15 is 0 Å². The van der Waals surface area contributed by atoms with Gasteiger partial charge in [0.15, 0.2) is 5.82 Å². The fourth-order valence-electron chi connectivity index (χ4n) is 4.38. The summed E-state index contributed by atoms with van der Waals surface area (Å²) in [7, 11) is 0. The third-order valence-electron chi connectivity index (χ3n) is 5.54. The van der Waals surface area contributed by atoms with E-state index in [1.54, 1.807) is 17.7 Å². The minimum Gasteiger partial charge on any atom is -0.344 e. The number of pyridine rings is 1. The van der Waals surface area contributed by atoms with Gasteiger partial charge in [-0.1, -0.05) is 13.8 Å². The molecule has 6 heteroatoms. The van der Waals surface area contributed by atoms with Crippen molar-refractivity contribution in [3.05, 3.63) is 23.1 Å². The first-order valence-corrected chi connectivity index (χ1v) is 10.2. The summed E-state index contributed by atoms with van der Waals surface area (Å²) in [4.78, 5) is 18.0. The number of anilines is 1. The van der Waals surface area contributed by atoms with Crippen LogP contribution in [-0.2, 0) is 12.8 Å². The molecule has 1 fully saturated rings. The zero-order valence-electron chi connectivity index (χ0n) is 14.9. The zero-order chi connectivity index (χ0) is 17.0. The molecule has 5 rings (SSSR count). The van der Waals surface area contributed by atoms with E-state index in [0.717, 1.165) is 48.8 Å². The van der Waals surface area contributed by atoms with E-state index in [0.29, 0.717) is 5.92 Å². The van der Waals surface area contributed by atoms with Crippen molar-refractivity contribution in [3.63, 3.8) is 0 Å². The number of hydrogen-bond donors (Lipinski definition) is 1. The second-order valence-corrected chi connectivity index (χ2v) is 8.47. The molecule has 0 radical (unpaired) electrons. The molecule has 25 heavy (non-hydrogen) atoms. The summed E-state index contributed by atoms with van der Waals surface area (Å²) in [6.07, 6.45) is 5.33. The van der Waals surface area contributed by atoms with Crippen LogP contribution >= 0.6 is 11.3 Å². The van der Waals surface area contributed by atoms with E-state index in [9.17, 15) is 0 Å². The van der Waals surface area contributed by atoms with Crippen molar-refractivity contribution in [2.75, 3.05) is 31.1 Å². The number of fused-ring (bicyclic) bond motifs is 5. The summed E-state index contributed by atoms with van der Waals surface area (Å²) in [6.45, 7) is 8.92. The number of aromatic nitrogens is 3. The Labute approximate surface area is 151 Å². The molecule has 0 aromatic carbocycles. The van der Waals surface area contributed by atoms with Gasteiger partial charge in [0.25, 0.3) is 0 Å². The lowest BCUT2D eigenvalue weighted by Gasteiger charge is -2.26. The van der Waals surface area contributed by atoms with Gasteiger partial charge in [-0.15, -0.1) is 11.3 Å². The smallest absolute Gasteiger partial charge is 0.150 e. The van der Waals surface area contributed by atoms with Crippen LogP contribution in [0.1, 0.15) is 43.0 Å². The molecule has 0 saturated carbocycles. The maximum atomic E-state index is 5.10. The van der Waals surface area contributed by atoms with Gasteiger partial charge in [0.2, 0.25) is 0 Å². The van der Waals surface area contributed by atoms with Gasteiger partial charge in [0.1, 0.15) is 11.2 Å². The maximum Gasteiger partial charge on any atom is 0.150 e. The van der Waals surface area contributed by atoms with Gasteiger partial charge < -0.3 is 10.2 Å². The summed E-state index contributed by atoms with van der Waals surface area (Å²) in [5, 5.41) is 3.69. The highest BCUT2D eigenvalue weighted by Crippen LogP contribution is 2.42. The summed E-state index contributed by atoms with van der Waals surface area (Å²) in [5.74, 6) is 1.59. The van der Waals surface area contributed by atoms with Crippen LogP contribution in [0.3, 0.4) is 0 Å². The number of hydrogen-bond acceptors (Lipinski definition) is 5. The molecule has 2 N–H and O–H groups in total. The number of rotatable bonds is 2. The Balaban J connectivity index is 1.79. The molecule has 1 saturated heterocycles. The monoisotopic (exact) mass is 354 g/mol. The quantitative estimate of drug-likeness (QED) is 0.767. The first-order chi connectivity index (χ1) is 12.2. The molecule has 0 unspecified atom stereocenters. The number of piperazine rings is 1. The Bertz CT molecular complexity index is 955. The first-order valence-electron chi connectivity index (χ1n) is 9.39. The Morgan fingerprint density at radius 2 is 1.92 bits per heavy atom. The Morgan fingerprint density at radius 1 is 1.12 bits per heavy atom. The number of nitrogens with two attached hydrogens (primary N) is 1. The number of quaternary nitrogens is 1. The van der Waals surface area contributed by atoms with Crippen LogP contribution in [0, 0.1) is 0 Å². The minimum absolute atomic E-state index is 0.477. The Hall–Kier alpha value is -1.79. The van der Waals surface area contributed by atoms with Crippen LogP contribution in [0.4, 0.5) is 5.82 Å². The van der Waals surface area contributed by atoms with Crippen LogP contribution in [0.15, 0.2) is 6.33 Å². The molecule has 2 aliphatic rings. The lowest BCUT2D eigenvalue weighted by Crippen LogP contribution is -2.89. The number of aryl methyl sites for hydroxylation is 1. The van der Waals surface area contributed by atoms with E-state index < -0.39 is 0 Å². The van der Waals surface area contributed by atoms with Crippen molar-refractivity contribution in [1.29, 1.82) is 0 Å². The van der Waals surface area contributed by atoms with E-state index in [1.807, 2.05) is 0 Å². The van der Waals surface area contributed by atoms with E-state index in [1.165, 1.54) is 39.7 Å². The second-order valence-electron chi connectivity index (χ2n) is 7.47. The highest BCUT2D eigenvalue weighted by Gasteiger charge is 2.26. The zero-order valence-corrected chi connectivity index (χ0v) is 15.7. The predicted molar refractivity (Wildman–Crippen MR) is 103 cm³/mol. The van der Waals surface area contributed by atoms with Gasteiger partial charge >= 0.3 is 0 Å². The molecular weight excluding hydrogens is 330 g/mol. The predicted octanol–water partition coefficient (Wildman–Crippen LogP) is 2.24. The largest absolute Gasteiger partial charge is 0.344 e. The van der Waals surface area contributed by atoms with Crippen LogP contribution in [0.2, 0.25) is 0 Å². The molecule has 0 bridgehead atoms. The molecule has 1 aliphatic heterocycles. The average Bonchev–Trinajstić information content (AvgIpc) is 3.25. The molecule has 1 aliphatic carbocycles. The van der Waals surface area contributed by atoms with Gasteiger partial charge in [0, 0.05) is 11.1 Å². The molecule has 3 aromatic rings. The van der Waals surface area contributed by atoms with E-state index in [4.69, 9.17) is 9.97 Å². The standard InChI is InChI=1S/C19H23N5S/c1-11(2)15-13-5-3-4-12(13)14-16-17(25-19(14)23-15)18(22-10-21-16)24-8-6-20-7-9-24/h10-11,20H,3-9H2,1-2H3/p+1. The van der Waals surface area contributed by atoms with Crippen molar-refractivity contribution in [2.45, 2.75) is 39.0 Å². The van der Waals surface area contributed by atoms with Crippen molar-refractivity contribution >= 4 is 37.6 Å². The second kappa shape index (κ2) is 5.88. The third-order valence-corrected chi connectivity index (χ3v) is 6.61. The molecule has 4 heterocycles. The van der Waals surface area contributed by atoms with Crippen molar-refractivity contribution < 1.29 is 5.32 Å². The van der Waals surface area contributed by atoms with Crippen molar-refractivity contribution in [3.8, 4) is 0 Å². The van der Waals surface area contributed by atoms with Gasteiger partial charge in [-0.3, -0.25) is 0 Å². The third kappa shape index (κ3) is 2.34. The Morgan fingerprint density at radius 3 is 2.72 bits per heavy atom. The summed E-state index contributed by atoms with van der Waals surface area (Å²) >= 11 is 1.79. The molecule has 5 nitrogen and oxygen atoms in total. The lowest BCUT2D eigenvalue weighted by molar-refractivity contribution is -0.655. The van der Waals surface area contributed by atoms with Gasteiger partial charge in [-0.25, -0.2) is 15.0 Å². The molecule has 0 spiro atoms. The fraction of sp³-hybridized carbons (Fsp3) is 0.526. The normalized spacial score (nSPS) is 17.8. The van der Waals surface area contributed by atoms with Gasteiger partial charge in [0.05, 0.1) is 36.4 Å². The van der Waals surface area contributed by atoms with E-state index in [-0.39, 0.29) is 0 Å². The maximum absolute atomic E-state index is 5.10. The minimum atomic E-state index is 0.477. The molecule has 0 amide bonds. The van der Waals surface area contributed by atoms with Crippen LogP contribution in [0.5, 0.6) is 0 Å². The summed E-state index contributed by atoms with van der Waals surface area (Å²) in [5.41, 5.74) is 5.43. The van der Waals surface area contributed by atoms with Crippen LogP contribution in [-0.4, -0.2) is 41.1 Å². The van der Waals surface area contributed by atoms with Crippen LogP contribution in [0.25, 0.3) is 20.4 Å². The van der Waals surface area contributed by atoms with Crippen molar-refractivity contribution in [2.24, 2.45) is 0 Å². The van der Waals surface area contributed by atoms with Crippen molar-refractivity contribution in [1.82, 2.24) is 15.0 Å². The summed E-state index contributed by atoms with van der Waals surface area (Å²) in [6, 6.07) is 0. The first kappa shape index (κ1) is 15.5. The highest BCUT2D eigenvalue weighted by molar-refractivity contribution is 7.26. The van der Waals surface area contributed by atoms with Gasteiger partial charge in [-0.05, 0) is 36.3 Å². The summed E-state index contributed by atoms with van der Waals surface area (Å²) < 4.78 is 1.22. The number of nitrogens with zero attached hydrogens (tertiary/aromatic N) is 4. The topological polar surface area (TPSA) is 58.5 Å². The number of thiophene rings is 1. The fourth-order valence-corrected chi connectivity index (χ4v) is 5.56. The SMILES string of the molecule is CC(C)c1nc2sc3c(N4CC[NH2+]CC4)ncnc3c2c2c1CCC2. The molecule has 130 valence electrons.